The molecule has 2 rings (SSSR count). The first-order chi connectivity index (χ1) is 9.58. The van der Waals surface area contributed by atoms with Crippen molar-refractivity contribution < 1.29 is 9.21 Å². The first kappa shape index (κ1) is 15.1. The van der Waals surface area contributed by atoms with E-state index in [1.165, 1.54) is 12.8 Å². The van der Waals surface area contributed by atoms with Crippen LogP contribution in [0.25, 0.3) is 0 Å². The summed E-state index contributed by atoms with van der Waals surface area (Å²) in [6, 6.07) is 3.80. The third-order valence-corrected chi connectivity index (χ3v) is 3.98. The normalized spacial score (nSPS) is 19.4. The minimum Gasteiger partial charge on any atom is -0.465 e. The molecule has 1 saturated heterocycles. The molecule has 20 heavy (non-hydrogen) atoms. The highest BCUT2D eigenvalue weighted by Crippen LogP contribution is 2.17. The fourth-order valence-corrected chi connectivity index (χ4v) is 2.78. The van der Waals surface area contributed by atoms with E-state index in [0.717, 1.165) is 37.5 Å². The van der Waals surface area contributed by atoms with Crippen molar-refractivity contribution >= 4 is 5.91 Å². The molecule has 0 saturated carbocycles. The van der Waals surface area contributed by atoms with E-state index in [4.69, 9.17) is 4.42 Å². The summed E-state index contributed by atoms with van der Waals surface area (Å²) in [6.45, 7) is 7.71. The molecule has 1 fully saturated rings. The predicted octanol–water partition coefficient (Wildman–Crippen LogP) is 3.03. The number of aryl methyl sites for hydroxylation is 1. The molecule has 0 radical (unpaired) electrons. The van der Waals surface area contributed by atoms with E-state index < -0.39 is 0 Å². The van der Waals surface area contributed by atoms with Gasteiger partial charge in [0.1, 0.15) is 11.5 Å². The van der Waals surface area contributed by atoms with E-state index in [0.29, 0.717) is 0 Å². The second-order valence-corrected chi connectivity index (χ2v) is 5.80. The van der Waals surface area contributed by atoms with E-state index in [9.17, 15) is 4.79 Å². The standard InChI is InChI=1S/C16H26N2O2/c1-12-8-9-15(20-12)13(2)17-14(3)16(19)18-10-6-4-5-7-11-18/h8-9,13-14,17H,4-7,10-11H2,1-3H3. The van der Waals surface area contributed by atoms with Crippen LogP contribution in [0.3, 0.4) is 0 Å². The van der Waals surface area contributed by atoms with Crippen LogP contribution in [0.4, 0.5) is 0 Å². The number of amides is 1. The summed E-state index contributed by atoms with van der Waals surface area (Å²) in [7, 11) is 0. The Labute approximate surface area is 121 Å². The van der Waals surface area contributed by atoms with E-state index in [-0.39, 0.29) is 18.0 Å². The third-order valence-electron chi connectivity index (χ3n) is 3.98. The van der Waals surface area contributed by atoms with E-state index in [1.807, 2.05) is 37.8 Å². The van der Waals surface area contributed by atoms with Crippen LogP contribution >= 0.6 is 0 Å². The lowest BCUT2D eigenvalue weighted by atomic mass is 10.2. The number of nitrogens with zero attached hydrogens (tertiary/aromatic N) is 1. The fourth-order valence-electron chi connectivity index (χ4n) is 2.78. The van der Waals surface area contributed by atoms with E-state index >= 15 is 0 Å². The van der Waals surface area contributed by atoms with Gasteiger partial charge in [-0.2, -0.15) is 0 Å². The lowest BCUT2D eigenvalue weighted by Crippen LogP contribution is -2.45. The summed E-state index contributed by atoms with van der Waals surface area (Å²) in [4.78, 5) is 14.5. The number of carbonyl (C=O) groups excluding carboxylic acids is 1. The van der Waals surface area contributed by atoms with Gasteiger partial charge in [-0.05, 0) is 45.7 Å². The molecule has 112 valence electrons. The van der Waals surface area contributed by atoms with Gasteiger partial charge in [0, 0.05) is 13.1 Å². The van der Waals surface area contributed by atoms with Crippen LogP contribution in [0, 0.1) is 6.92 Å². The third kappa shape index (κ3) is 3.85. The molecule has 2 unspecified atom stereocenters. The number of nitrogens with one attached hydrogen (secondary N) is 1. The molecule has 0 bridgehead atoms. The molecule has 2 atom stereocenters. The van der Waals surface area contributed by atoms with Crippen LogP contribution in [0.5, 0.6) is 0 Å². The minimum atomic E-state index is -0.173. The zero-order valence-corrected chi connectivity index (χ0v) is 12.8. The molecular weight excluding hydrogens is 252 g/mol. The van der Waals surface area contributed by atoms with Gasteiger partial charge in [-0.3, -0.25) is 10.1 Å². The van der Waals surface area contributed by atoms with Crippen molar-refractivity contribution in [2.45, 2.75) is 58.5 Å². The maximum Gasteiger partial charge on any atom is 0.239 e. The van der Waals surface area contributed by atoms with Crippen LogP contribution in [-0.4, -0.2) is 29.9 Å². The Kier molecular flexibility index (Phi) is 5.24. The van der Waals surface area contributed by atoms with Gasteiger partial charge in [-0.25, -0.2) is 0 Å². The lowest BCUT2D eigenvalue weighted by Gasteiger charge is -2.26. The van der Waals surface area contributed by atoms with Crippen LogP contribution in [0.1, 0.15) is 57.1 Å². The molecule has 4 heteroatoms. The van der Waals surface area contributed by atoms with Crippen LogP contribution in [0.2, 0.25) is 0 Å². The quantitative estimate of drug-likeness (QED) is 0.920. The Bertz CT molecular complexity index is 433. The topological polar surface area (TPSA) is 45.5 Å². The molecule has 1 amide bonds. The van der Waals surface area contributed by atoms with Gasteiger partial charge in [0.2, 0.25) is 5.91 Å². The highest BCUT2D eigenvalue weighted by atomic mass is 16.3. The molecule has 0 spiro atoms. The Balaban J connectivity index is 1.89. The zero-order chi connectivity index (χ0) is 14.5. The molecule has 1 aromatic rings. The van der Waals surface area contributed by atoms with Gasteiger partial charge >= 0.3 is 0 Å². The van der Waals surface area contributed by atoms with Crippen LogP contribution in [0.15, 0.2) is 16.5 Å². The molecule has 0 aromatic carbocycles. The number of carbonyl (C=O) groups is 1. The van der Waals surface area contributed by atoms with Crippen molar-refractivity contribution in [1.29, 1.82) is 0 Å². The van der Waals surface area contributed by atoms with Gasteiger partial charge < -0.3 is 9.32 Å². The summed E-state index contributed by atoms with van der Waals surface area (Å²) in [5.41, 5.74) is 0. The SMILES string of the molecule is Cc1ccc(C(C)NC(C)C(=O)N2CCCCCC2)o1. The number of rotatable bonds is 4. The van der Waals surface area contributed by atoms with Crippen molar-refractivity contribution in [2.75, 3.05) is 13.1 Å². The number of furan rings is 1. The molecule has 2 heterocycles. The van der Waals surface area contributed by atoms with Crippen molar-refractivity contribution in [1.82, 2.24) is 10.2 Å². The monoisotopic (exact) mass is 278 g/mol. The number of likely N-dealkylation sites (tertiary alicyclic amines) is 1. The maximum absolute atomic E-state index is 12.5. The highest BCUT2D eigenvalue weighted by Gasteiger charge is 2.23. The Morgan fingerprint density at radius 2 is 1.85 bits per heavy atom. The van der Waals surface area contributed by atoms with Gasteiger partial charge in [-0.1, -0.05) is 12.8 Å². The second kappa shape index (κ2) is 6.93. The maximum atomic E-state index is 12.5. The zero-order valence-electron chi connectivity index (χ0n) is 12.8. The van der Waals surface area contributed by atoms with Crippen molar-refractivity contribution in [3.8, 4) is 0 Å². The average Bonchev–Trinajstić information content (AvgIpc) is 2.70. The van der Waals surface area contributed by atoms with E-state index in [2.05, 4.69) is 5.32 Å². The summed E-state index contributed by atoms with van der Waals surface area (Å²) < 4.78 is 5.60. The first-order valence-corrected chi connectivity index (χ1v) is 7.69. The predicted molar refractivity (Wildman–Crippen MR) is 79.5 cm³/mol. The Morgan fingerprint density at radius 3 is 2.40 bits per heavy atom. The average molecular weight is 278 g/mol. The van der Waals surface area contributed by atoms with Crippen molar-refractivity contribution in [3.05, 3.63) is 23.7 Å². The molecule has 0 aliphatic carbocycles. The summed E-state index contributed by atoms with van der Waals surface area (Å²) in [5.74, 6) is 2.00. The lowest BCUT2D eigenvalue weighted by molar-refractivity contribution is -0.133. The van der Waals surface area contributed by atoms with Crippen molar-refractivity contribution in [2.24, 2.45) is 0 Å². The molecule has 1 aliphatic heterocycles. The Morgan fingerprint density at radius 1 is 1.20 bits per heavy atom. The first-order valence-electron chi connectivity index (χ1n) is 7.69. The summed E-state index contributed by atoms with van der Waals surface area (Å²) in [5, 5.41) is 3.34. The summed E-state index contributed by atoms with van der Waals surface area (Å²) >= 11 is 0. The van der Waals surface area contributed by atoms with Crippen LogP contribution in [-0.2, 0) is 4.79 Å². The highest BCUT2D eigenvalue weighted by molar-refractivity contribution is 5.81. The molecule has 1 aliphatic rings. The molecule has 1 aromatic heterocycles. The second-order valence-electron chi connectivity index (χ2n) is 5.80. The molecule has 1 N–H and O–H groups in total. The molecular formula is C16H26N2O2. The van der Waals surface area contributed by atoms with Gasteiger partial charge in [-0.15, -0.1) is 0 Å². The Hall–Kier alpha value is -1.29. The minimum absolute atomic E-state index is 0.0506. The van der Waals surface area contributed by atoms with Gasteiger partial charge in [0.15, 0.2) is 0 Å². The number of hydrogen-bond acceptors (Lipinski definition) is 3. The smallest absolute Gasteiger partial charge is 0.239 e. The largest absolute Gasteiger partial charge is 0.465 e. The fraction of sp³-hybridized carbons (Fsp3) is 0.688. The summed E-state index contributed by atoms with van der Waals surface area (Å²) in [6.07, 6.45) is 4.75. The van der Waals surface area contributed by atoms with E-state index in [1.54, 1.807) is 0 Å². The number of hydrogen-bond donors (Lipinski definition) is 1. The van der Waals surface area contributed by atoms with Gasteiger partial charge in [0.25, 0.3) is 0 Å². The molecule has 4 nitrogen and oxygen atoms in total. The van der Waals surface area contributed by atoms with Gasteiger partial charge in [0.05, 0.1) is 12.1 Å². The van der Waals surface area contributed by atoms with Crippen LogP contribution < -0.4 is 5.32 Å². The van der Waals surface area contributed by atoms with Crippen molar-refractivity contribution in [3.63, 3.8) is 0 Å².